The number of aromatic nitrogens is 2. The lowest BCUT2D eigenvalue weighted by atomic mass is 10.2. The fourth-order valence-corrected chi connectivity index (χ4v) is 1.35. The summed E-state index contributed by atoms with van der Waals surface area (Å²) in [5, 5.41) is 13.1. The molecule has 1 aromatic rings. The molecule has 0 spiro atoms. The first kappa shape index (κ1) is 12.7. The molecule has 1 rings (SSSR count). The molecule has 0 aromatic carbocycles. The number of carboxylic acids is 1. The highest BCUT2D eigenvalue weighted by atomic mass is 16.4. The van der Waals surface area contributed by atoms with Crippen LogP contribution in [0, 0.1) is 0 Å². The molecule has 1 N–H and O–H groups in total. The summed E-state index contributed by atoms with van der Waals surface area (Å²) < 4.78 is 1.87. The Morgan fingerprint density at radius 2 is 2.19 bits per heavy atom. The Morgan fingerprint density at radius 1 is 1.56 bits per heavy atom. The largest absolute Gasteiger partial charge is 0.480 e. The van der Waals surface area contributed by atoms with Crippen LogP contribution in [0.4, 0.5) is 0 Å². The summed E-state index contributed by atoms with van der Waals surface area (Å²) in [5.41, 5.74) is 1.03. The SMILES string of the molecule is CC(C(=O)O)N(C)Cc1cnn(C(C)C)c1. The van der Waals surface area contributed by atoms with Crippen molar-refractivity contribution >= 4 is 5.97 Å². The first-order valence-corrected chi connectivity index (χ1v) is 5.38. The Hall–Kier alpha value is -1.36. The maximum Gasteiger partial charge on any atom is 0.320 e. The predicted octanol–water partition coefficient (Wildman–Crippen LogP) is 1.37. The topological polar surface area (TPSA) is 58.4 Å². The molecule has 0 aliphatic rings. The fraction of sp³-hybridized carbons (Fsp3) is 0.636. The second kappa shape index (κ2) is 5.12. The lowest BCUT2D eigenvalue weighted by molar-refractivity contribution is -0.142. The van der Waals surface area contributed by atoms with E-state index >= 15 is 0 Å². The molecule has 1 atom stereocenters. The van der Waals surface area contributed by atoms with E-state index in [4.69, 9.17) is 5.11 Å². The van der Waals surface area contributed by atoms with E-state index in [1.165, 1.54) is 0 Å². The van der Waals surface area contributed by atoms with E-state index in [2.05, 4.69) is 18.9 Å². The molecule has 90 valence electrons. The maximum absolute atomic E-state index is 10.8. The average Bonchev–Trinajstić information content (AvgIpc) is 2.64. The summed E-state index contributed by atoms with van der Waals surface area (Å²) in [6.07, 6.45) is 3.74. The van der Waals surface area contributed by atoms with Gasteiger partial charge < -0.3 is 5.11 Å². The van der Waals surface area contributed by atoms with Crippen molar-refractivity contribution in [3.63, 3.8) is 0 Å². The van der Waals surface area contributed by atoms with Gasteiger partial charge in [-0.15, -0.1) is 0 Å². The molecule has 5 heteroatoms. The molecule has 0 amide bonds. The number of rotatable bonds is 5. The first-order chi connectivity index (χ1) is 7.41. The maximum atomic E-state index is 10.8. The van der Waals surface area contributed by atoms with E-state index in [1.807, 2.05) is 10.9 Å². The number of aliphatic carboxylic acids is 1. The van der Waals surface area contributed by atoms with Crippen molar-refractivity contribution in [3.05, 3.63) is 18.0 Å². The highest BCUT2D eigenvalue weighted by Gasteiger charge is 2.17. The molecule has 1 unspecified atom stereocenters. The first-order valence-electron chi connectivity index (χ1n) is 5.38. The number of carbonyl (C=O) groups is 1. The van der Waals surface area contributed by atoms with Gasteiger partial charge in [0.1, 0.15) is 6.04 Å². The second-order valence-corrected chi connectivity index (χ2v) is 4.35. The minimum Gasteiger partial charge on any atom is -0.480 e. The molecule has 1 heterocycles. The molecule has 5 nitrogen and oxygen atoms in total. The molecule has 0 aliphatic heterocycles. The van der Waals surface area contributed by atoms with E-state index in [0.717, 1.165) is 5.56 Å². The van der Waals surface area contributed by atoms with Crippen LogP contribution in [0.25, 0.3) is 0 Å². The zero-order chi connectivity index (χ0) is 12.3. The smallest absolute Gasteiger partial charge is 0.320 e. The van der Waals surface area contributed by atoms with E-state index in [-0.39, 0.29) is 0 Å². The number of carboxylic acid groups (broad SMARTS) is 1. The van der Waals surface area contributed by atoms with E-state index in [0.29, 0.717) is 12.6 Å². The van der Waals surface area contributed by atoms with Crippen molar-refractivity contribution in [1.82, 2.24) is 14.7 Å². The van der Waals surface area contributed by atoms with Crippen LogP contribution in [0.2, 0.25) is 0 Å². The van der Waals surface area contributed by atoms with Gasteiger partial charge in [-0.25, -0.2) is 0 Å². The van der Waals surface area contributed by atoms with Gasteiger partial charge in [-0.1, -0.05) is 0 Å². The van der Waals surface area contributed by atoms with Crippen LogP contribution >= 0.6 is 0 Å². The van der Waals surface area contributed by atoms with Crippen LogP contribution < -0.4 is 0 Å². The van der Waals surface area contributed by atoms with Gasteiger partial charge in [0, 0.05) is 24.3 Å². The number of likely N-dealkylation sites (N-methyl/N-ethyl adjacent to an activating group) is 1. The lowest BCUT2D eigenvalue weighted by Crippen LogP contribution is -2.35. The standard InChI is InChI=1S/C11H19N3O2/c1-8(2)14-7-10(5-12-14)6-13(4)9(3)11(15)16/h5,7-9H,6H2,1-4H3,(H,15,16). The van der Waals surface area contributed by atoms with Crippen LogP contribution in [0.15, 0.2) is 12.4 Å². The molecule has 0 bridgehead atoms. The summed E-state index contributed by atoms with van der Waals surface area (Å²) in [6.45, 7) is 6.39. The summed E-state index contributed by atoms with van der Waals surface area (Å²) in [7, 11) is 1.80. The number of hydrogen-bond acceptors (Lipinski definition) is 3. The molecular formula is C11H19N3O2. The quantitative estimate of drug-likeness (QED) is 0.822. The van der Waals surface area contributed by atoms with Crippen LogP contribution in [0.5, 0.6) is 0 Å². The van der Waals surface area contributed by atoms with Gasteiger partial charge in [0.2, 0.25) is 0 Å². The van der Waals surface area contributed by atoms with Crippen LogP contribution in [0.1, 0.15) is 32.4 Å². The van der Waals surface area contributed by atoms with E-state index < -0.39 is 12.0 Å². The summed E-state index contributed by atoms with van der Waals surface area (Å²) in [6, 6.07) is -0.154. The summed E-state index contributed by atoms with van der Waals surface area (Å²) in [5.74, 6) is -0.807. The van der Waals surface area contributed by atoms with Crippen molar-refractivity contribution < 1.29 is 9.90 Å². The summed E-state index contributed by atoms with van der Waals surface area (Å²) in [4.78, 5) is 12.6. The molecule has 0 saturated carbocycles. The molecule has 0 radical (unpaired) electrons. The van der Waals surface area contributed by atoms with Gasteiger partial charge in [0.05, 0.1) is 6.20 Å². The highest BCUT2D eigenvalue weighted by molar-refractivity contribution is 5.72. The summed E-state index contributed by atoms with van der Waals surface area (Å²) >= 11 is 0. The monoisotopic (exact) mass is 225 g/mol. The van der Waals surface area contributed by atoms with Gasteiger partial charge in [0.25, 0.3) is 0 Å². The highest BCUT2D eigenvalue weighted by Crippen LogP contribution is 2.09. The third-order valence-corrected chi connectivity index (χ3v) is 2.63. The number of hydrogen-bond donors (Lipinski definition) is 1. The van der Waals surface area contributed by atoms with Crippen molar-refractivity contribution in [2.75, 3.05) is 7.05 Å². The minimum absolute atomic E-state index is 0.330. The Balaban J connectivity index is 2.62. The average molecular weight is 225 g/mol. The number of nitrogens with zero attached hydrogens (tertiary/aromatic N) is 3. The third-order valence-electron chi connectivity index (χ3n) is 2.63. The van der Waals surface area contributed by atoms with Gasteiger partial charge in [-0.2, -0.15) is 5.10 Å². The van der Waals surface area contributed by atoms with Crippen molar-refractivity contribution in [3.8, 4) is 0 Å². The minimum atomic E-state index is -0.807. The van der Waals surface area contributed by atoms with Gasteiger partial charge >= 0.3 is 5.97 Å². The molecule has 0 saturated heterocycles. The normalized spacial score (nSPS) is 13.4. The van der Waals surface area contributed by atoms with Crippen molar-refractivity contribution in [2.24, 2.45) is 0 Å². The fourth-order valence-electron chi connectivity index (χ4n) is 1.35. The van der Waals surface area contributed by atoms with Crippen LogP contribution in [-0.4, -0.2) is 38.8 Å². The van der Waals surface area contributed by atoms with E-state index in [1.54, 1.807) is 25.1 Å². The van der Waals surface area contributed by atoms with Crippen molar-refractivity contribution in [1.29, 1.82) is 0 Å². The van der Waals surface area contributed by atoms with Gasteiger partial charge in [-0.05, 0) is 27.8 Å². The Kier molecular flexibility index (Phi) is 4.06. The van der Waals surface area contributed by atoms with Crippen LogP contribution in [0.3, 0.4) is 0 Å². The van der Waals surface area contributed by atoms with Gasteiger partial charge in [-0.3, -0.25) is 14.4 Å². The van der Waals surface area contributed by atoms with Crippen LogP contribution in [-0.2, 0) is 11.3 Å². The van der Waals surface area contributed by atoms with Gasteiger partial charge in [0.15, 0.2) is 0 Å². The Morgan fingerprint density at radius 3 is 2.62 bits per heavy atom. The molecule has 0 aliphatic carbocycles. The lowest BCUT2D eigenvalue weighted by Gasteiger charge is -2.19. The Labute approximate surface area is 95.7 Å². The molecule has 1 aromatic heterocycles. The van der Waals surface area contributed by atoms with Crippen molar-refractivity contribution in [2.45, 2.75) is 39.4 Å². The molecule has 0 fully saturated rings. The predicted molar refractivity (Wildman–Crippen MR) is 61.2 cm³/mol. The molecular weight excluding hydrogens is 206 g/mol. The molecule has 16 heavy (non-hydrogen) atoms. The Bertz CT molecular complexity index is 360. The zero-order valence-corrected chi connectivity index (χ0v) is 10.2. The van der Waals surface area contributed by atoms with E-state index in [9.17, 15) is 4.79 Å². The third kappa shape index (κ3) is 3.06. The zero-order valence-electron chi connectivity index (χ0n) is 10.2. The second-order valence-electron chi connectivity index (χ2n) is 4.35.